The molecule has 1 heterocycles. The number of carbonyl (C=O) groups is 1. The van der Waals surface area contributed by atoms with E-state index >= 15 is 0 Å². The molecule has 1 fully saturated rings. The molecular formula is C14H16N2O4S2. The zero-order valence-electron chi connectivity index (χ0n) is 11.9. The van der Waals surface area contributed by atoms with Crippen molar-refractivity contribution in [2.45, 2.75) is 6.42 Å². The average Bonchev–Trinajstić information content (AvgIpc) is 2.55. The number of ketones is 1. The number of carbonyl (C=O) groups excluding carboxylic acids is 1. The number of benzene rings is 1. The van der Waals surface area contributed by atoms with Gasteiger partial charge >= 0.3 is 0 Å². The zero-order chi connectivity index (χ0) is 15.9. The Bertz CT molecular complexity index is 574. The van der Waals surface area contributed by atoms with Crippen molar-refractivity contribution in [2.75, 3.05) is 32.1 Å². The Morgan fingerprint density at radius 3 is 2.73 bits per heavy atom. The topological polar surface area (TPSA) is 72.7 Å². The van der Waals surface area contributed by atoms with E-state index in [0.717, 1.165) is 17.4 Å². The van der Waals surface area contributed by atoms with Gasteiger partial charge in [-0.15, -0.1) is 0 Å². The molecule has 0 N–H and O–H groups in total. The van der Waals surface area contributed by atoms with Crippen molar-refractivity contribution in [3.63, 3.8) is 0 Å². The number of para-hydroxylation sites is 1. The van der Waals surface area contributed by atoms with Crippen LogP contribution in [0.3, 0.4) is 0 Å². The first-order chi connectivity index (χ1) is 10.6. The fourth-order valence-electron chi connectivity index (χ4n) is 2.07. The van der Waals surface area contributed by atoms with Crippen LogP contribution in [0.4, 0.5) is 5.69 Å². The van der Waals surface area contributed by atoms with Gasteiger partial charge in [0.15, 0.2) is 5.78 Å². The number of nitro groups is 1. The second kappa shape index (κ2) is 8.21. The molecule has 0 aromatic heterocycles. The Morgan fingerprint density at radius 2 is 2.05 bits per heavy atom. The summed E-state index contributed by atoms with van der Waals surface area (Å²) in [6.45, 7) is 2.86. The second-order valence-corrected chi connectivity index (χ2v) is 6.39. The van der Waals surface area contributed by atoms with Crippen LogP contribution in [0.2, 0.25) is 0 Å². The quantitative estimate of drug-likeness (QED) is 0.353. The van der Waals surface area contributed by atoms with Gasteiger partial charge in [0.05, 0.1) is 23.7 Å². The number of Topliss-reactive ketones (excluding diaryl/α,β-unsaturated/α-hetero) is 1. The third-order valence-electron chi connectivity index (χ3n) is 3.23. The van der Waals surface area contributed by atoms with Crippen molar-refractivity contribution in [1.29, 1.82) is 0 Å². The summed E-state index contributed by atoms with van der Waals surface area (Å²) in [4.78, 5) is 24.6. The average molecular weight is 340 g/mol. The largest absolute Gasteiger partial charge is 0.378 e. The van der Waals surface area contributed by atoms with Crippen LogP contribution < -0.4 is 0 Å². The highest BCUT2D eigenvalue weighted by molar-refractivity contribution is 8.22. The Morgan fingerprint density at radius 1 is 1.36 bits per heavy atom. The fourth-order valence-corrected chi connectivity index (χ4v) is 3.33. The lowest BCUT2D eigenvalue weighted by atomic mass is 10.1. The summed E-state index contributed by atoms with van der Waals surface area (Å²) in [6, 6.07) is 6.02. The molecule has 0 saturated carbocycles. The standard InChI is InChI=1S/C14H16N2O4S2/c17-13(11-3-1-2-4-12(11)16(18)19)5-10-22-14(21)15-6-8-20-9-7-15/h1-4H,5-10H2. The van der Waals surface area contributed by atoms with Crippen molar-refractivity contribution >= 4 is 39.8 Å². The maximum absolute atomic E-state index is 12.1. The summed E-state index contributed by atoms with van der Waals surface area (Å²) < 4.78 is 6.01. The summed E-state index contributed by atoms with van der Waals surface area (Å²) in [5.74, 6) is 0.283. The Labute approximate surface area is 138 Å². The zero-order valence-corrected chi connectivity index (χ0v) is 13.5. The molecular weight excluding hydrogens is 324 g/mol. The van der Waals surface area contributed by atoms with E-state index in [-0.39, 0.29) is 23.5 Å². The first-order valence-electron chi connectivity index (χ1n) is 6.85. The van der Waals surface area contributed by atoms with E-state index < -0.39 is 4.92 Å². The van der Waals surface area contributed by atoms with Crippen molar-refractivity contribution in [3.8, 4) is 0 Å². The van der Waals surface area contributed by atoms with Crippen LogP contribution in [0, 0.1) is 10.1 Å². The number of nitrogens with zero attached hydrogens (tertiary/aromatic N) is 2. The number of hydrogen-bond donors (Lipinski definition) is 0. The number of nitro benzene ring substituents is 1. The van der Waals surface area contributed by atoms with Gasteiger partial charge in [-0.3, -0.25) is 14.9 Å². The molecule has 1 aliphatic heterocycles. The van der Waals surface area contributed by atoms with Crippen LogP contribution in [0.15, 0.2) is 24.3 Å². The molecule has 0 bridgehead atoms. The lowest BCUT2D eigenvalue weighted by Crippen LogP contribution is -2.38. The smallest absolute Gasteiger partial charge is 0.280 e. The molecule has 0 atom stereocenters. The molecule has 0 aliphatic carbocycles. The summed E-state index contributed by atoms with van der Waals surface area (Å²) in [7, 11) is 0. The van der Waals surface area contributed by atoms with Gasteiger partial charge in [0.2, 0.25) is 0 Å². The minimum atomic E-state index is -0.529. The lowest BCUT2D eigenvalue weighted by molar-refractivity contribution is -0.385. The monoisotopic (exact) mass is 340 g/mol. The number of rotatable bonds is 5. The van der Waals surface area contributed by atoms with Crippen molar-refractivity contribution in [1.82, 2.24) is 4.90 Å². The molecule has 6 nitrogen and oxygen atoms in total. The van der Waals surface area contributed by atoms with Crippen molar-refractivity contribution in [2.24, 2.45) is 0 Å². The normalized spacial score (nSPS) is 14.6. The van der Waals surface area contributed by atoms with Gasteiger partial charge in [-0.05, 0) is 6.07 Å². The van der Waals surface area contributed by atoms with Crippen LogP contribution in [0.25, 0.3) is 0 Å². The molecule has 1 aliphatic rings. The molecule has 0 radical (unpaired) electrons. The third kappa shape index (κ3) is 4.49. The van der Waals surface area contributed by atoms with Crippen molar-refractivity contribution in [3.05, 3.63) is 39.9 Å². The highest BCUT2D eigenvalue weighted by Crippen LogP contribution is 2.21. The maximum atomic E-state index is 12.1. The highest BCUT2D eigenvalue weighted by atomic mass is 32.2. The van der Waals surface area contributed by atoms with E-state index in [0.29, 0.717) is 19.0 Å². The van der Waals surface area contributed by atoms with E-state index in [4.69, 9.17) is 17.0 Å². The second-order valence-electron chi connectivity index (χ2n) is 4.66. The minimum absolute atomic E-state index is 0.145. The molecule has 22 heavy (non-hydrogen) atoms. The molecule has 0 amide bonds. The lowest BCUT2D eigenvalue weighted by Gasteiger charge is -2.28. The summed E-state index contributed by atoms with van der Waals surface area (Å²) in [5, 5.41) is 10.9. The van der Waals surface area contributed by atoms with E-state index in [1.54, 1.807) is 12.1 Å². The van der Waals surface area contributed by atoms with Crippen LogP contribution in [0.1, 0.15) is 16.8 Å². The number of thiocarbonyl (C=S) groups is 1. The molecule has 1 aromatic carbocycles. The molecule has 1 saturated heterocycles. The summed E-state index contributed by atoms with van der Waals surface area (Å²) in [6.07, 6.45) is 0.222. The van der Waals surface area contributed by atoms with E-state index in [1.807, 2.05) is 0 Å². The Balaban J connectivity index is 1.85. The van der Waals surface area contributed by atoms with Crippen molar-refractivity contribution < 1.29 is 14.5 Å². The molecule has 118 valence electrons. The SMILES string of the molecule is O=C(CCSC(=S)N1CCOCC1)c1ccccc1[N+](=O)[O-]. The Hall–Kier alpha value is -1.51. The van der Waals surface area contributed by atoms with Gasteiger partial charge in [-0.2, -0.15) is 0 Å². The van der Waals surface area contributed by atoms with Gasteiger partial charge in [0, 0.05) is 31.3 Å². The number of morpholine rings is 1. The third-order valence-corrected chi connectivity index (χ3v) is 4.75. The predicted octanol–water partition coefficient (Wildman–Crippen LogP) is 2.52. The fraction of sp³-hybridized carbons (Fsp3) is 0.429. The van der Waals surface area contributed by atoms with Gasteiger partial charge < -0.3 is 9.64 Å². The summed E-state index contributed by atoms with van der Waals surface area (Å²) >= 11 is 6.76. The molecule has 8 heteroatoms. The van der Waals surface area contributed by atoms with E-state index in [2.05, 4.69) is 4.90 Å². The first kappa shape index (κ1) is 16.9. The number of hydrogen-bond acceptors (Lipinski definition) is 6. The maximum Gasteiger partial charge on any atom is 0.280 e. The summed E-state index contributed by atoms with van der Waals surface area (Å²) in [5.41, 5.74) is 0.0126. The predicted molar refractivity (Wildman–Crippen MR) is 89.5 cm³/mol. The van der Waals surface area contributed by atoms with Crippen LogP contribution in [-0.4, -0.2) is 52.0 Å². The molecule has 0 spiro atoms. The van der Waals surface area contributed by atoms with Gasteiger partial charge in [0.25, 0.3) is 5.69 Å². The Kier molecular flexibility index (Phi) is 6.29. The van der Waals surface area contributed by atoms with Gasteiger partial charge in [-0.1, -0.05) is 36.1 Å². The van der Waals surface area contributed by atoms with E-state index in [9.17, 15) is 14.9 Å². The molecule has 1 aromatic rings. The molecule has 0 unspecified atom stereocenters. The van der Waals surface area contributed by atoms with Crippen LogP contribution in [0.5, 0.6) is 0 Å². The first-order valence-corrected chi connectivity index (χ1v) is 8.25. The van der Waals surface area contributed by atoms with E-state index in [1.165, 1.54) is 23.9 Å². The van der Waals surface area contributed by atoms with Crippen LogP contribution in [-0.2, 0) is 4.74 Å². The molecule has 2 rings (SSSR count). The van der Waals surface area contributed by atoms with Crippen LogP contribution >= 0.6 is 24.0 Å². The number of thioether (sulfide) groups is 1. The number of ether oxygens (including phenoxy) is 1. The van der Waals surface area contributed by atoms with Gasteiger partial charge in [0.1, 0.15) is 4.32 Å². The van der Waals surface area contributed by atoms with Gasteiger partial charge in [-0.25, -0.2) is 0 Å². The highest BCUT2D eigenvalue weighted by Gasteiger charge is 2.19. The minimum Gasteiger partial charge on any atom is -0.378 e.